The van der Waals surface area contributed by atoms with Crippen molar-refractivity contribution in [1.82, 2.24) is 10.2 Å². The first-order valence-electron chi connectivity index (χ1n) is 9.78. The van der Waals surface area contributed by atoms with Crippen molar-refractivity contribution in [1.29, 1.82) is 0 Å². The Kier molecular flexibility index (Phi) is 6.33. The number of hydrogen-bond donors (Lipinski definition) is 2. The number of anilines is 1. The minimum absolute atomic E-state index is 0.157. The van der Waals surface area contributed by atoms with Gasteiger partial charge in [0.25, 0.3) is 5.91 Å². The Balaban J connectivity index is 1.78. The Morgan fingerprint density at radius 2 is 1.77 bits per heavy atom. The number of imide groups is 1. The Morgan fingerprint density at radius 3 is 2.42 bits per heavy atom. The lowest BCUT2D eigenvalue weighted by atomic mass is 9.87. The number of amides is 4. The summed E-state index contributed by atoms with van der Waals surface area (Å²) in [6, 6.07) is 10.8. The molecule has 1 aliphatic heterocycles. The molecule has 0 bridgehead atoms. The molecule has 2 N–H and O–H groups in total. The Labute approximate surface area is 178 Å². The van der Waals surface area contributed by atoms with Crippen LogP contribution in [0.25, 0.3) is 0 Å². The van der Waals surface area contributed by atoms with Gasteiger partial charge in [0.1, 0.15) is 17.9 Å². The molecule has 4 amide bonds. The topological polar surface area (TPSA) is 105 Å². The van der Waals surface area contributed by atoms with Crippen LogP contribution in [0.4, 0.5) is 14.9 Å². The van der Waals surface area contributed by atoms with Crippen LogP contribution in [0.5, 0.6) is 0 Å². The second-order valence-corrected chi connectivity index (χ2v) is 6.90. The van der Waals surface area contributed by atoms with Gasteiger partial charge in [0, 0.05) is 0 Å². The van der Waals surface area contributed by atoms with E-state index >= 15 is 0 Å². The molecule has 0 radical (unpaired) electrons. The fourth-order valence-corrected chi connectivity index (χ4v) is 3.46. The van der Waals surface area contributed by atoms with Gasteiger partial charge in [-0.05, 0) is 43.2 Å². The maximum absolute atomic E-state index is 13.3. The predicted molar refractivity (Wildman–Crippen MR) is 110 cm³/mol. The SMILES string of the molecule is CCOC(=O)c1ccccc1NC(=O)CN1C(=O)NC(CC)(c2ccc(F)cc2)C1=O. The van der Waals surface area contributed by atoms with E-state index in [2.05, 4.69) is 10.6 Å². The molecule has 0 saturated carbocycles. The van der Waals surface area contributed by atoms with Gasteiger partial charge in [-0.25, -0.2) is 14.0 Å². The zero-order valence-electron chi connectivity index (χ0n) is 17.1. The van der Waals surface area contributed by atoms with Crippen LogP contribution >= 0.6 is 0 Å². The monoisotopic (exact) mass is 427 g/mol. The van der Waals surface area contributed by atoms with Gasteiger partial charge < -0.3 is 15.4 Å². The zero-order valence-corrected chi connectivity index (χ0v) is 17.1. The third-order valence-corrected chi connectivity index (χ3v) is 5.04. The Hall–Kier alpha value is -3.75. The Bertz CT molecular complexity index is 1020. The summed E-state index contributed by atoms with van der Waals surface area (Å²) in [5, 5.41) is 5.18. The molecule has 31 heavy (non-hydrogen) atoms. The maximum Gasteiger partial charge on any atom is 0.340 e. The summed E-state index contributed by atoms with van der Waals surface area (Å²) in [6.45, 7) is 3.00. The summed E-state index contributed by atoms with van der Waals surface area (Å²) in [4.78, 5) is 51.1. The molecule has 0 aliphatic carbocycles. The number of carbonyl (C=O) groups is 4. The first-order chi connectivity index (χ1) is 14.8. The van der Waals surface area contributed by atoms with Crippen LogP contribution in [-0.2, 0) is 19.9 Å². The van der Waals surface area contributed by atoms with E-state index in [1.165, 1.54) is 36.4 Å². The van der Waals surface area contributed by atoms with Crippen LogP contribution in [0.2, 0.25) is 0 Å². The predicted octanol–water partition coefficient (Wildman–Crippen LogP) is 2.80. The summed E-state index contributed by atoms with van der Waals surface area (Å²) in [6.07, 6.45) is 0.215. The molecule has 9 heteroatoms. The van der Waals surface area contributed by atoms with Crippen molar-refractivity contribution in [3.8, 4) is 0 Å². The van der Waals surface area contributed by atoms with Crippen molar-refractivity contribution in [2.45, 2.75) is 25.8 Å². The van der Waals surface area contributed by atoms with Crippen LogP contribution in [0.15, 0.2) is 48.5 Å². The molecule has 1 fully saturated rings. The second kappa shape index (κ2) is 8.95. The lowest BCUT2D eigenvalue weighted by molar-refractivity contribution is -0.134. The molecular formula is C22H22FN3O5. The molecule has 1 unspecified atom stereocenters. The molecule has 1 heterocycles. The van der Waals surface area contributed by atoms with Gasteiger partial charge in [-0.15, -0.1) is 0 Å². The van der Waals surface area contributed by atoms with Gasteiger partial charge in [-0.2, -0.15) is 0 Å². The highest BCUT2D eigenvalue weighted by atomic mass is 19.1. The number of carbonyl (C=O) groups excluding carboxylic acids is 4. The fourth-order valence-electron chi connectivity index (χ4n) is 3.46. The molecule has 3 rings (SSSR count). The van der Waals surface area contributed by atoms with E-state index in [4.69, 9.17) is 4.74 Å². The summed E-state index contributed by atoms with van der Waals surface area (Å²) in [7, 11) is 0. The molecule has 1 saturated heterocycles. The van der Waals surface area contributed by atoms with Crippen molar-refractivity contribution in [3.63, 3.8) is 0 Å². The molecule has 8 nitrogen and oxygen atoms in total. The number of hydrogen-bond acceptors (Lipinski definition) is 5. The number of esters is 1. The molecule has 1 atom stereocenters. The molecule has 2 aromatic carbocycles. The average Bonchev–Trinajstić information content (AvgIpc) is 3.00. The zero-order chi connectivity index (χ0) is 22.6. The number of halogens is 1. The minimum Gasteiger partial charge on any atom is -0.462 e. The number of nitrogens with one attached hydrogen (secondary N) is 2. The lowest BCUT2D eigenvalue weighted by Gasteiger charge is -2.25. The minimum atomic E-state index is -1.38. The van der Waals surface area contributed by atoms with Gasteiger partial charge >= 0.3 is 12.0 Å². The van der Waals surface area contributed by atoms with E-state index in [9.17, 15) is 23.6 Å². The standard InChI is InChI=1S/C22H22FN3O5/c1-3-22(14-9-11-15(23)12-10-14)20(29)26(21(30)25-22)13-18(27)24-17-8-6-5-7-16(17)19(28)31-4-2/h5-12H,3-4,13H2,1-2H3,(H,24,27)(H,25,30). The third-order valence-electron chi connectivity index (χ3n) is 5.04. The highest BCUT2D eigenvalue weighted by Crippen LogP contribution is 2.32. The molecule has 0 spiro atoms. The second-order valence-electron chi connectivity index (χ2n) is 6.90. The number of rotatable bonds is 7. The van der Waals surface area contributed by atoms with Crippen LogP contribution in [0.1, 0.15) is 36.2 Å². The highest BCUT2D eigenvalue weighted by Gasteiger charge is 2.51. The van der Waals surface area contributed by atoms with Crippen molar-refractivity contribution >= 4 is 29.5 Å². The van der Waals surface area contributed by atoms with E-state index in [0.717, 1.165) is 4.90 Å². The number of nitrogens with zero attached hydrogens (tertiary/aromatic N) is 1. The average molecular weight is 427 g/mol. The molecule has 1 aliphatic rings. The van der Waals surface area contributed by atoms with Crippen LogP contribution in [0.3, 0.4) is 0 Å². The summed E-state index contributed by atoms with van der Waals surface area (Å²) >= 11 is 0. The Morgan fingerprint density at radius 1 is 1.10 bits per heavy atom. The van der Waals surface area contributed by atoms with E-state index in [-0.39, 0.29) is 24.3 Å². The van der Waals surface area contributed by atoms with Gasteiger partial charge in [0.05, 0.1) is 17.9 Å². The van der Waals surface area contributed by atoms with Gasteiger partial charge in [0.15, 0.2) is 0 Å². The molecule has 2 aromatic rings. The first kappa shape index (κ1) is 21.9. The normalized spacial score (nSPS) is 18.0. The number of benzene rings is 2. The van der Waals surface area contributed by atoms with Crippen LogP contribution < -0.4 is 10.6 Å². The third kappa shape index (κ3) is 4.25. The molecule has 0 aromatic heterocycles. The molecular weight excluding hydrogens is 405 g/mol. The van der Waals surface area contributed by atoms with E-state index in [1.54, 1.807) is 26.0 Å². The number of para-hydroxylation sites is 1. The summed E-state index contributed by atoms with van der Waals surface area (Å²) in [5.41, 5.74) is -0.596. The van der Waals surface area contributed by atoms with Gasteiger partial charge in [-0.3, -0.25) is 14.5 Å². The maximum atomic E-state index is 13.3. The summed E-state index contributed by atoms with van der Waals surface area (Å²) < 4.78 is 18.3. The largest absolute Gasteiger partial charge is 0.462 e. The quantitative estimate of drug-likeness (QED) is 0.522. The fraction of sp³-hybridized carbons (Fsp3) is 0.273. The smallest absolute Gasteiger partial charge is 0.340 e. The lowest BCUT2D eigenvalue weighted by Crippen LogP contribution is -2.44. The highest BCUT2D eigenvalue weighted by molar-refractivity contribution is 6.11. The van der Waals surface area contributed by atoms with E-state index in [0.29, 0.717) is 5.56 Å². The van der Waals surface area contributed by atoms with Crippen molar-refractivity contribution in [3.05, 3.63) is 65.5 Å². The van der Waals surface area contributed by atoms with Crippen LogP contribution in [0, 0.1) is 5.82 Å². The number of urea groups is 1. The number of ether oxygens (including phenoxy) is 1. The first-order valence-corrected chi connectivity index (χ1v) is 9.78. The van der Waals surface area contributed by atoms with Crippen molar-refractivity contribution < 1.29 is 28.3 Å². The van der Waals surface area contributed by atoms with Gasteiger partial charge in [-0.1, -0.05) is 31.2 Å². The summed E-state index contributed by atoms with van der Waals surface area (Å²) in [5.74, 6) is -2.34. The van der Waals surface area contributed by atoms with Crippen molar-refractivity contribution in [2.24, 2.45) is 0 Å². The van der Waals surface area contributed by atoms with Crippen LogP contribution in [-0.4, -0.2) is 41.9 Å². The van der Waals surface area contributed by atoms with E-state index < -0.39 is 41.7 Å². The van der Waals surface area contributed by atoms with Gasteiger partial charge in [0.2, 0.25) is 5.91 Å². The van der Waals surface area contributed by atoms with Crippen molar-refractivity contribution in [2.75, 3.05) is 18.5 Å². The van der Waals surface area contributed by atoms with E-state index in [1.807, 2.05) is 0 Å². The molecule has 162 valence electrons.